The molecule has 1 aliphatic heterocycles. The van der Waals surface area contributed by atoms with Gasteiger partial charge in [0, 0.05) is 18.2 Å². The Morgan fingerprint density at radius 3 is 2.39 bits per heavy atom. The summed E-state index contributed by atoms with van der Waals surface area (Å²) in [5.74, 6) is 0.125. The molecular formula is C21H24FNO4S. The van der Waals surface area contributed by atoms with Crippen molar-refractivity contribution < 1.29 is 22.3 Å². The molecule has 0 saturated carbocycles. The molecule has 1 heterocycles. The van der Waals surface area contributed by atoms with E-state index in [9.17, 15) is 17.6 Å². The smallest absolute Gasteiger partial charge is 0.254 e. The van der Waals surface area contributed by atoms with Crippen LogP contribution in [0.4, 0.5) is 4.39 Å². The lowest BCUT2D eigenvalue weighted by molar-refractivity contribution is 0.0681. The number of carbonyl (C=O) groups is 1. The van der Waals surface area contributed by atoms with Crippen molar-refractivity contribution in [2.75, 3.05) is 18.1 Å². The van der Waals surface area contributed by atoms with Gasteiger partial charge in [-0.25, -0.2) is 12.8 Å². The minimum absolute atomic E-state index is 0.0440. The zero-order chi connectivity index (χ0) is 20.1. The molecule has 0 unspecified atom stereocenters. The van der Waals surface area contributed by atoms with E-state index in [1.807, 2.05) is 6.92 Å². The molecule has 1 amide bonds. The minimum Gasteiger partial charge on any atom is -0.494 e. The number of benzene rings is 2. The fourth-order valence-corrected chi connectivity index (χ4v) is 4.98. The molecule has 2 aromatic carbocycles. The molecule has 1 saturated heterocycles. The maximum absolute atomic E-state index is 13.2. The number of rotatable bonds is 7. The number of sulfone groups is 1. The van der Waals surface area contributed by atoms with E-state index < -0.39 is 15.9 Å². The quantitative estimate of drug-likeness (QED) is 0.708. The van der Waals surface area contributed by atoms with E-state index in [0.29, 0.717) is 24.3 Å². The van der Waals surface area contributed by atoms with Crippen molar-refractivity contribution in [3.8, 4) is 5.75 Å². The van der Waals surface area contributed by atoms with Crippen LogP contribution in [0.25, 0.3) is 0 Å². The Hall–Kier alpha value is -2.41. The number of nitrogens with zero attached hydrogens (tertiary/aromatic N) is 1. The molecule has 7 heteroatoms. The Kier molecular flexibility index (Phi) is 6.34. The van der Waals surface area contributed by atoms with Crippen LogP contribution in [0, 0.1) is 5.82 Å². The molecule has 0 N–H and O–H groups in total. The first-order valence-corrected chi connectivity index (χ1v) is 11.2. The maximum Gasteiger partial charge on any atom is 0.254 e. The first kappa shape index (κ1) is 20.3. The van der Waals surface area contributed by atoms with Crippen LogP contribution >= 0.6 is 0 Å². The fourth-order valence-electron chi connectivity index (χ4n) is 3.25. The van der Waals surface area contributed by atoms with Crippen LogP contribution in [0.1, 0.15) is 35.7 Å². The number of hydrogen-bond donors (Lipinski definition) is 0. The minimum atomic E-state index is -3.15. The van der Waals surface area contributed by atoms with Crippen molar-refractivity contribution in [1.82, 2.24) is 4.90 Å². The predicted octanol–water partition coefficient (Wildman–Crippen LogP) is 3.44. The summed E-state index contributed by atoms with van der Waals surface area (Å²) in [5, 5.41) is 0. The first-order valence-electron chi connectivity index (χ1n) is 9.36. The second-order valence-electron chi connectivity index (χ2n) is 6.99. The summed E-state index contributed by atoms with van der Waals surface area (Å²) in [5.41, 5.74) is 1.22. The van der Waals surface area contributed by atoms with Gasteiger partial charge >= 0.3 is 0 Å². The van der Waals surface area contributed by atoms with Crippen molar-refractivity contribution in [2.45, 2.75) is 32.4 Å². The van der Waals surface area contributed by atoms with Crippen LogP contribution in [0.2, 0.25) is 0 Å². The molecule has 1 aliphatic rings. The molecule has 1 atom stereocenters. The highest BCUT2D eigenvalue weighted by Crippen LogP contribution is 2.23. The lowest BCUT2D eigenvalue weighted by Gasteiger charge is -2.28. The van der Waals surface area contributed by atoms with E-state index in [4.69, 9.17) is 4.74 Å². The van der Waals surface area contributed by atoms with Gasteiger partial charge in [0.2, 0.25) is 0 Å². The highest BCUT2D eigenvalue weighted by molar-refractivity contribution is 7.91. The normalized spacial score (nSPS) is 18.0. The van der Waals surface area contributed by atoms with Crippen molar-refractivity contribution >= 4 is 15.7 Å². The molecule has 150 valence electrons. The number of hydrogen-bond acceptors (Lipinski definition) is 4. The molecule has 28 heavy (non-hydrogen) atoms. The Balaban J connectivity index is 1.82. The van der Waals surface area contributed by atoms with E-state index >= 15 is 0 Å². The van der Waals surface area contributed by atoms with Gasteiger partial charge in [-0.15, -0.1) is 0 Å². The van der Waals surface area contributed by atoms with Crippen LogP contribution in [0.15, 0.2) is 48.5 Å². The van der Waals surface area contributed by atoms with Crippen molar-refractivity contribution in [1.29, 1.82) is 0 Å². The van der Waals surface area contributed by atoms with Crippen LogP contribution < -0.4 is 4.74 Å². The monoisotopic (exact) mass is 405 g/mol. The van der Waals surface area contributed by atoms with Crippen LogP contribution in [-0.2, 0) is 16.4 Å². The van der Waals surface area contributed by atoms with Gasteiger partial charge in [-0.05, 0) is 54.8 Å². The maximum atomic E-state index is 13.2. The summed E-state index contributed by atoms with van der Waals surface area (Å²) in [7, 11) is -3.15. The molecule has 0 radical (unpaired) electrons. The molecule has 0 bridgehead atoms. The molecule has 5 nitrogen and oxygen atoms in total. The highest BCUT2D eigenvalue weighted by Gasteiger charge is 2.35. The average molecular weight is 405 g/mol. The summed E-state index contributed by atoms with van der Waals surface area (Å²) in [6, 6.07) is 12.4. The van der Waals surface area contributed by atoms with Crippen LogP contribution in [-0.4, -0.2) is 43.4 Å². The number of halogens is 1. The predicted molar refractivity (Wildman–Crippen MR) is 106 cm³/mol. The Morgan fingerprint density at radius 1 is 1.14 bits per heavy atom. The summed E-state index contributed by atoms with van der Waals surface area (Å²) >= 11 is 0. The van der Waals surface area contributed by atoms with Gasteiger partial charge in [-0.1, -0.05) is 19.1 Å². The molecule has 1 fully saturated rings. The SMILES string of the molecule is CCCOc1ccc(C(=O)N(Cc2ccc(F)cc2)[C@H]2CCS(=O)(=O)C2)cc1. The Bertz CT molecular complexity index is 910. The van der Waals surface area contributed by atoms with Crippen LogP contribution in [0.3, 0.4) is 0 Å². The van der Waals surface area contributed by atoms with E-state index in [2.05, 4.69) is 0 Å². The third kappa shape index (κ3) is 5.10. The Labute approximate surface area is 165 Å². The third-order valence-electron chi connectivity index (χ3n) is 4.75. The standard InChI is InChI=1S/C21H24FNO4S/c1-2-12-27-20-9-5-17(6-10-20)21(24)23(19-11-13-28(25,26)15-19)14-16-3-7-18(22)8-4-16/h3-10,19H,2,11-15H2,1H3/t19-/m0/s1. The molecule has 2 aromatic rings. The molecule has 0 spiro atoms. The average Bonchev–Trinajstić information content (AvgIpc) is 3.05. The zero-order valence-electron chi connectivity index (χ0n) is 15.8. The molecule has 0 aliphatic carbocycles. The summed E-state index contributed by atoms with van der Waals surface area (Å²) in [4.78, 5) is 14.7. The Morgan fingerprint density at radius 2 is 1.82 bits per heavy atom. The van der Waals surface area contributed by atoms with Gasteiger partial charge in [0.25, 0.3) is 5.91 Å². The lowest BCUT2D eigenvalue weighted by Crippen LogP contribution is -2.40. The summed E-state index contributed by atoms with van der Waals surface area (Å²) in [6.45, 7) is 2.85. The van der Waals surface area contributed by atoms with Crippen molar-refractivity contribution in [3.63, 3.8) is 0 Å². The van der Waals surface area contributed by atoms with Gasteiger partial charge < -0.3 is 9.64 Å². The molecule has 3 rings (SSSR count). The molecular weight excluding hydrogens is 381 g/mol. The zero-order valence-corrected chi connectivity index (χ0v) is 16.6. The topological polar surface area (TPSA) is 63.7 Å². The molecule has 0 aromatic heterocycles. The van der Waals surface area contributed by atoms with Crippen molar-refractivity contribution in [2.24, 2.45) is 0 Å². The van der Waals surface area contributed by atoms with Gasteiger partial charge in [-0.3, -0.25) is 4.79 Å². The number of carbonyl (C=O) groups excluding carboxylic acids is 1. The van der Waals surface area contributed by atoms with Gasteiger partial charge in [0.1, 0.15) is 11.6 Å². The lowest BCUT2D eigenvalue weighted by atomic mass is 10.1. The largest absolute Gasteiger partial charge is 0.494 e. The first-order chi connectivity index (χ1) is 13.4. The van der Waals surface area contributed by atoms with E-state index in [1.165, 1.54) is 12.1 Å². The third-order valence-corrected chi connectivity index (χ3v) is 6.50. The number of amides is 1. The van der Waals surface area contributed by atoms with Crippen LogP contribution in [0.5, 0.6) is 5.75 Å². The highest BCUT2D eigenvalue weighted by atomic mass is 32.2. The van der Waals surface area contributed by atoms with E-state index in [-0.39, 0.29) is 29.8 Å². The van der Waals surface area contributed by atoms with Gasteiger partial charge in [-0.2, -0.15) is 0 Å². The van der Waals surface area contributed by atoms with Gasteiger partial charge in [0.15, 0.2) is 9.84 Å². The van der Waals surface area contributed by atoms with Gasteiger partial charge in [0.05, 0.1) is 18.1 Å². The summed E-state index contributed by atoms with van der Waals surface area (Å²) in [6.07, 6.45) is 1.30. The van der Waals surface area contributed by atoms with E-state index in [0.717, 1.165) is 12.0 Å². The van der Waals surface area contributed by atoms with Crippen molar-refractivity contribution in [3.05, 3.63) is 65.5 Å². The second-order valence-corrected chi connectivity index (χ2v) is 9.22. The fraction of sp³-hybridized carbons (Fsp3) is 0.381. The van der Waals surface area contributed by atoms with E-state index in [1.54, 1.807) is 41.3 Å². The number of ether oxygens (including phenoxy) is 1. The summed E-state index contributed by atoms with van der Waals surface area (Å²) < 4.78 is 42.6. The second kappa shape index (κ2) is 8.73.